The molecule has 1 heterocycles. The van der Waals surface area contributed by atoms with Gasteiger partial charge in [-0.25, -0.2) is 0 Å². The van der Waals surface area contributed by atoms with E-state index in [0.29, 0.717) is 19.4 Å². The lowest BCUT2D eigenvalue weighted by Crippen LogP contribution is -2.35. The summed E-state index contributed by atoms with van der Waals surface area (Å²) < 4.78 is 5.57. The maximum absolute atomic E-state index is 12.5. The number of hydrogen-bond donors (Lipinski definition) is 3. The molecule has 1 amide bonds. The van der Waals surface area contributed by atoms with Crippen molar-refractivity contribution in [3.05, 3.63) is 47.0 Å². The molecule has 3 rings (SSSR count). The van der Waals surface area contributed by atoms with Crippen molar-refractivity contribution in [3.63, 3.8) is 0 Å². The van der Waals surface area contributed by atoms with Crippen LogP contribution in [0, 0.1) is 0 Å². The Balaban J connectivity index is 1.51. The van der Waals surface area contributed by atoms with Crippen LogP contribution in [-0.2, 0) is 20.7 Å². The number of allylic oxidation sites excluding steroid dienone is 1. The number of hydrogen-bond acceptors (Lipinski definition) is 6. The number of fused-ring (bicyclic) bond motifs is 1. The summed E-state index contributed by atoms with van der Waals surface area (Å²) in [6.07, 6.45) is 5.30. The van der Waals surface area contributed by atoms with Gasteiger partial charge in [0, 0.05) is 26.1 Å². The van der Waals surface area contributed by atoms with Crippen molar-refractivity contribution in [2.75, 3.05) is 26.2 Å². The summed E-state index contributed by atoms with van der Waals surface area (Å²) in [5, 5.41) is 9.41. The Hall–Kier alpha value is -2.83. The zero-order chi connectivity index (χ0) is 23.0. The van der Waals surface area contributed by atoms with E-state index in [1.54, 1.807) is 0 Å². The Morgan fingerprint density at radius 1 is 1.25 bits per heavy atom. The van der Waals surface area contributed by atoms with Crippen molar-refractivity contribution >= 4 is 17.8 Å². The third kappa shape index (κ3) is 7.70. The van der Waals surface area contributed by atoms with Crippen molar-refractivity contribution in [2.24, 2.45) is 4.99 Å². The molecule has 1 unspecified atom stereocenters. The molecule has 0 saturated carbocycles. The maximum atomic E-state index is 12.5. The third-order valence-electron chi connectivity index (χ3n) is 5.51. The van der Waals surface area contributed by atoms with Crippen LogP contribution >= 0.6 is 0 Å². The Morgan fingerprint density at radius 2 is 2.06 bits per heavy atom. The molecule has 1 aromatic carbocycles. The molecule has 0 aromatic heterocycles. The number of nitrogens with one attached hydrogen (secondary N) is 3. The molecule has 3 N–H and O–H groups in total. The molecule has 2 aliphatic rings. The zero-order valence-corrected chi connectivity index (χ0v) is 19.5. The average Bonchev–Trinajstić information content (AvgIpc) is 3.18. The van der Waals surface area contributed by atoms with Crippen LogP contribution in [0.5, 0.6) is 0 Å². The fraction of sp³-hybridized carbons (Fsp3) is 0.560. The predicted molar refractivity (Wildman–Crippen MR) is 127 cm³/mol. The molecular formula is C25H36N4O3. The van der Waals surface area contributed by atoms with Crippen LogP contribution in [0.1, 0.15) is 63.5 Å². The minimum atomic E-state index is -0.497. The van der Waals surface area contributed by atoms with Gasteiger partial charge in [0.2, 0.25) is 5.91 Å². The Labute approximate surface area is 191 Å². The minimum Gasteiger partial charge on any atom is -0.460 e. The van der Waals surface area contributed by atoms with Gasteiger partial charge in [-0.1, -0.05) is 35.9 Å². The van der Waals surface area contributed by atoms with E-state index in [1.807, 2.05) is 32.9 Å². The number of carbonyl (C=O) groups is 2. The van der Waals surface area contributed by atoms with Crippen LogP contribution in [-0.4, -0.2) is 49.6 Å². The van der Waals surface area contributed by atoms with Crippen molar-refractivity contribution in [3.8, 4) is 0 Å². The normalized spacial score (nSPS) is 17.9. The molecule has 32 heavy (non-hydrogen) atoms. The van der Waals surface area contributed by atoms with Gasteiger partial charge in [0.25, 0.3) is 0 Å². The van der Waals surface area contributed by atoms with Gasteiger partial charge in [-0.2, -0.15) is 0 Å². The predicted octanol–water partition coefficient (Wildman–Crippen LogP) is 2.82. The highest BCUT2D eigenvalue weighted by atomic mass is 16.6. The molecule has 1 aromatic rings. The van der Waals surface area contributed by atoms with E-state index in [0.717, 1.165) is 50.4 Å². The molecule has 0 spiro atoms. The fourth-order valence-electron chi connectivity index (χ4n) is 4.07. The molecule has 0 fully saturated rings. The summed E-state index contributed by atoms with van der Waals surface area (Å²) in [6, 6.07) is 8.28. The Kier molecular flexibility index (Phi) is 8.31. The molecule has 1 aliphatic carbocycles. The summed E-state index contributed by atoms with van der Waals surface area (Å²) >= 11 is 0. The second-order valence-corrected chi connectivity index (χ2v) is 9.42. The lowest BCUT2D eigenvalue weighted by atomic mass is 9.88. The third-order valence-corrected chi connectivity index (χ3v) is 5.51. The van der Waals surface area contributed by atoms with Crippen molar-refractivity contribution in [1.82, 2.24) is 16.0 Å². The molecule has 7 nitrogen and oxygen atoms in total. The topological polar surface area (TPSA) is 91.8 Å². The van der Waals surface area contributed by atoms with E-state index >= 15 is 0 Å². The molecular weight excluding hydrogens is 404 g/mol. The minimum absolute atomic E-state index is 0.0412. The van der Waals surface area contributed by atoms with Crippen LogP contribution in [0.4, 0.5) is 0 Å². The molecule has 0 radical (unpaired) electrons. The lowest BCUT2D eigenvalue weighted by molar-refractivity contribution is -0.155. The second kappa shape index (κ2) is 11.2. The van der Waals surface area contributed by atoms with Crippen molar-refractivity contribution < 1.29 is 14.3 Å². The standard InChI is InChI=1S/C25H36N4O3/c1-25(2,3)32-23(31)16-20-15-18(10-11-19-7-4-5-8-21(19)20)17-29-22(30)9-6-12-26-24-27-13-14-28-24/h4-5,7-8,10,20H,6,9,11-17H2,1-3H3,(H,29,30)(H2,26,27,28). The highest BCUT2D eigenvalue weighted by molar-refractivity contribution is 5.81. The van der Waals surface area contributed by atoms with E-state index in [2.05, 4.69) is 39.2 Å². The summed E-state index contributed by atoms with van der Waals surface area (Å²) in [5.41, 5.74) is 3.09. The first-order valence-electron chi connectivity index (χ1n) is 11.6. The van der Waals surface area contributed by atoms with Crippen molar-refractivity contribution in [2.45, 2.75) is 64.4 Å². The van der Waals surface area contributed by atoms with Gasteiger partial charge in [-0.05, 0) is 57.1 Å². The number of carbonyl (C=O) groups excluding carboxylic acids is 2. The largest absolute Gasteiger partial charge is 0.460 e. The number of nitrogens with zero attached hydrogens (tertiary/aromatic N) is 1. The number of rotatable bonds is 8. The van der Waals surface area contributed by atoms with Crippen LogP contribution < -0.4 is 16.0 Å². The van der Waals surface area contributed by atoms with Gasteiger partial charge in [-0.15, -0.1) is 0 Å². The molecule has 1 atom stereocenters. The zero-order valence-electron chi connectivity index (χ0n) is 19.5. The first-order valence-corrected chi connectivity index (χ1v) is 11.6. The van der Waals surface area contributed by atoms with Crippen LogP contribution in [0.3, 0.4) is 0 Å². The van der Waals surface area contributed by atoms with Crippen LogP contribution in [0.25, 0.3) is 0 Å². The van der Waals surface area contributed by atoms with Gasteiger partial charge in [-0.3, -0.25) is 14.6 Å². The van der Waals surface area contributed by atoms with Gasteiger partial charge in [0.1, 0.15) is 5.60 Å². The van der Waals surface area contributed by atoms with Gasteiger partial charge in [0.15, 0.2) is 5.96 Å². The van der Waals surface area contributed by atoms with Gasteiger partial charge >= 0.3 is 5.97 Å². The monoisotopic (exact) mass is 440 g/mol. The van der Waals surface area contributed by atoms with Crippen molar-refractivity contribution in [1.29, 1.82) is 0 Å². The molecule has 1 aliphatic heterocycles. The highest BCUT2D eigenvalue weighted by Gasteiger charge is 2.25. The molecule has 7 heteroatoms. The first kappa shape index (κ1) is 23.8. The number of guanidine groups is 1. The quantitative estimate of drug-likeness (QED) is 0.328. The van der Waals surface area contributed by atoms with E-state index in [4.69, 9.17) is 4.74 Å². The summed E-state index contributed by atoms with van der Waals surface area (Å²) in [5.74, 6) is 0.733. The van der Waals surface area contributed by atoms with Crippen LogP contribution in [0.2, 0.25) is 0 Å². The Bertz CT molecular complexity index is 870. The number of benzene rings is 1. The van der Waals surface area contributed by atoms with Gasteiger partial charge < -0.3 is 20.7 Å². The van der Waals surface area contributed by atoms with Crippen LogP contribution in [0.15, 0.2) is 40.9 Å². The summed E-state index contributed by atoms with van der Waals surface area (Å²) in [4.78, 5) is 29.1. The SMILES string of the molecule is CC(C)(C)OC(=O)CC1CC(CNC(=O)CCCNC2=NCCN2)=CCc2ccccc21. The highest BCUT2D eigenvalue weighted by Crippen LogP contribution is 2.33. The average molecular weight is 441 g/mol. The number of aliphatic imine (C=N–C) groups is 1. The number of ether oxygens (including phenoxy) is 1. The van der Waals surface area contributed by atoms with Gasteiger partial charge in [0.05, 0.1) is 13.0 Å². The molecule has 174 valence electrons. The molecule has 0 saturated heterocycles. The lowest BCUT2D eigenvalue weighted by Gasteiger charge is -2.23. The molecule has 0 bridgehead atoms. The van der Waals surface area contributed by atoms with E-state index in [9.17, 15) is 9.59 Å². The van der Waals surface area contributed by atoms with E-state index < -0.39 is 5.60 Å². The second-order valence-electron chi connectivity index (χ2n) is 9.42. The summed E-state index contributed by atoms with van der Waals surface area (Å²) in [6.45, 7) is 8.57. The maximum Gasteiger partial charge on any atom is 0.306 e. The summed E-state index contributed by atoms with van der Waals surface area (Å²) in [7, 11) is 0. The fourth-order valence-corrected chi connectivity index (χ4v) is 4.07. The van der Waals surface area contributed by atoms with E-state index in [1.165, 1.54) is 11.1 Å². The van der Waals surface area contributed by atoms with E-state index in [-0.39, 0.29) is 17.8 Å². The Morgan fingerprint density at radius 3 is 2.81 bits per heavy atom. The smallest absolute Gasteiger partial charge is 0.306 e. The number of amides is 1. The number of esters is 1. The first-order chi connectivity index (χ1) is 15.3.